The number of ketones is 1. The fourth-order valence-electron chi connectivity index (χ4n) is 1.12. The number of rotatable bonds is 2. The van der Waals surface area contributed by atoms with Crippen LogP contribution in [0.3, 0.4) is 0 Å². The summed E-state index contributed by atoms with van der Waals surface area (Å²) in [6.45, 7) is 1.84. The van der Waals surface area contributed by atoms with E-state index in [1.165, 1.54) is 20.3 Å². The molecule has 1 rings (SSSR count). The van der Waals surface area contributed by atoms with Gasteiger partial charge in [0.05, 0.1) is 0 Å². The highest BCUT2D eigenvalue weighted by molar-refractivity contribution is 9.12. The molecule has 0 amide bonds. The van der Waals surface area contributed by atoms with E-state index >= 15 is 0 Å². The van der Waals surface area contributed by atoms with E-state index in [0.29, 0.717) is 0 Å². The first-order valence-corrected chi connectivity index (χ1v) is 4.57. The van der Waals surface area contributed by atoms with Gasteiger partial charge in [0.25, 0.3) is 5.79 Å². The summed E-state index contributed by atoms with van der Waals surface area (Å²) in [4.78, 5) is 11.5. The fraction of sp³-hybridized carbons (Fsp3) is 0.444. The lowest BCUT2D eigenvalue weighted by atomic mass is 10.0. The molecule has 0 unspecified atom stereocenters. The van der Waals surface area contributed by atoms with Crippen molar-refractivity contribution in [2.75, 3.05) is 14.2 Å². The number of hydrogen-bond donors (Lipinski definition) is 0. The lowest BCUT2D eigenvalue weighted by molar-refractivity contribution is -0.181. The zero-order valence-corrected chi connectivity index (χ0v) is 9.34. The minimum atomic E-state index is -1.25. The smallest absolute Gasteiger partial charge is 0.254 e. The average molecular weight is 247 g/mol. The Morgan fingerprint density at radius 3 is 2.38 bits per heavy atom. The highest BCUT2D eigenvalue weighted by atomic mass is 79.9. The van der Waals surface area contributed by atoms with Crippen LogP contribution in [-0.2, 0) is 14.3 Å². The SMILES string of the molecule is COC1(OC)C=C(Br)C(C)=CC1=O. The Hall–Kier alpha value is -0.450. The summed E-state index contributed by atoms with van der Waals surface area (Å²) in [5.74, 6) is -1.45. The second kappa shape index (κ2) is 3.74. The molecule has 0 aromatic heterocycles. The topological polar surface area (TPSA) is 35.5 Å². The third-order valence-corrected chi connectivity index (χ3v) is 2.85. The predicted molar refractivity (Wildman–Crippen MR) is 52.5 cm³/mol. The van der Waals surface area contributed by atoms with Crippen molar-refractivity contribution in [1.82, 2.24) is 0 Å². The summed E-state index contributed by atoms with van der Waals surface area (Å²) >= 11 is 3.32. The molecule has 0 aromatic rings. The van der Waals surface area contributed by atoms with Crippen LogP contribution < -0.4 is 0 Å². The van der Waals surface area contributed by atoms with Crippen LogP contribution in [-0.4, -0.2) is 25.8 Å². The number of carbonyl (C=O) groups excluding carboxylic acids is 1. The molecule has 0 saturated heterocycles. The second-order valence-electron chi connectivity index (χ2n) is 2.76. The minimum absolute atomic E-state index is 0.196. The molecule has 0 aliphatic heterocycles. The van der Waals surface area contributed by atoms with E-state index in [9.17, 15) is 4.79 Å². The highest BCUT2D eigenvalue weighted by Gasteiger charge is 2.38. The molecule has 1 aliphatic rings. The third-order valence-electron chi connectivity index (χ3n) is 1.99. The van der Waals surface area contributed by atoms with Gasteiger partial charge in [0.2, 0.25) is 5.78 Å². The van der Waals surface area contributed by atoms with Gasteiger partial charge in [-0.2, -0.15) is 0 Å². The summed E-state index contributed by atoms with van der Waals surface area (Å²) in [5, 5.41) is 0. The average Bonchev–Trinajstić information content (AvgIpc) is 2.12. The van der Waals surface area contributed by atoms with E-state index in [1.54, 1.807) is 6.08 Å². The molecule has 0 N–H and O–H groups in total. The van der Waals surface area contributed by atoms with Crippen LogP contribution in [0.25, 0.3) is 0 Å². The van der Waals surface area contributed by atoms with Gasteiger partial charge < -0.3 is 9.47 Å². The van der Waals surface area contributed by atoms with Crippen LogP contribution in [0.15, 0.2) is 22.2 Å². The molecule has 0 bridgehead atoms. The predicted octanol–water partition coefficient (Wildman–Crippen LogP) is 1.78. The standard InChI is InChI=1S/C9H11BrO3/c1-6-4-8(11)9(12-2,13-3)5-7(6)10/h4-5H,1-3H3. The van der Waals surface area contributed by atoms with Crippen molar-refractivity contribution in [2.45, 2.75) is 12.7 Å². The van der Waals surface area contributed by atoms with E-state index in [2.05, 4.69) is 15.9 Å². The van der Waals surface area contributed by atoms with E-state index in [-0.39, 0.29) is 5.78 Å². The molecule has 13 heavy (non-hydrogen) atoms. The van der Waals surface area contributed by atoms with Crippen LogP contribution in [0.1, 0.15) is 6.92 Å². The van der Waals surface area contributed by atoms with Crippen LogP contribution in [0, 0.1) is 0 Å². The van der Waals surface area contributed by atoms with Crippen molar-refractivity contribution in [3.8, 4) is 0 Å². The van der Waals surface area contributed by atoms with Gasteiger partial charge in [0.15, 0.2) is 0 Å². The second-order valence-corrected chi connectivity index (χ2v) is 3.61. The molecule has 0 spiro atoms. The van der Waals surface area contributed by atoms with Gasteiger partial charge in [0, 0.05) is 18.7 Å². The van der Waals surface area contributed by atoms with Gasteiger partial charge in [-0.1, -0.05) is 15.9 Å². The monoisotopic (exact) mass is 246 g/mol. The Morgan fingerprint density at radius 1 is 1.38 bits per heavy atom. The van der Waals surface area contributed by atoms with Crippen molar-refractivity contribution in [1.29, 1.82) is 0 Å². The number of methoxy groups -OCH3 is 2. The van der Waals surface area contributed by atoms with Gasteiger partial charge in [-0.25, -0.2) is 0 Å². The van der Waals surface area contributed by atoms with Crippen molar-refractivity contribution >= 4 is 21.7 Å². The van der Waals surface area contributed by atoms with Crippen LogP contribution in [0.2, 0.25) is 0 Å². The molecule has 0 saturated carbocycles. The van der Waals surface area contributed by atoms with E-state index in [4.69, 9.17) is 9.47 Å². The third kappa shape index (κ3) is 1.75. The molecular weight excluding hydrogens is 236 g/mol. The first-order chi connectivity index (χ1) is 6.05. The first kappa shape index (κ1) is 10.6. The minimum Gasteiger partial charge on any atom is -0.343 e. The maximum absolute atomic E-state index is 11.5. The summed E-state index contributed by atoms with van der Waals surface area (Å²) in [6.07, 6.45) is 3.11. The fourth-order valence-corrected chi connectivity index (χ4v) is 1.54. The first-order valence-electron chi connectivity index (χ1n) is 3.77. The Bertz CT molecular complexity index is 287. The highest BCUT2D eigenvalue weighted by Crippen LogP contribution is 2.29. The van der Waals surface area contributed by atoms with Gasteiger partial charge >= 0.3 is 0 Å². The Kier molecular flexibility index (Phi) is 3.05. The lowest BCUT2D eigenvalue weighted by Crippen LogP contribution is -2.41. The van der Waals surface area contributed by atoms with Crippen molar-refractivity contribution in [2.24, 2.45) is 0 Å². The molecule has 0 heterocycles. The Morgan fingerprint density at radius 2 is 1.92 bits per heavy atom. The molecule has 72 valence electrons. The summed E-state index contributed by atoms with van der Waals surface area (Å²) in [5.41, 5.74) is 0.870. The lowest BCUT2D eigenvalue weighted by Gasteiger charge is -2.28. The zero-order chi connectivity index (χ0) is 10.1. The molecule has 0 fully saturated rings. The molecule has 3 nitrogen and oxygen atoms in total. The number of halogens is 1. The van der Waals surface area contributed by atoms with Crippen molar-refractivity contribution < 1.29 is 14.3 Å². The van der Waals surface area contributed by atoms with Crippen LogP contribution >= 0.6 is 15.9 Å². The van der Waals surface area contributed by atoms with Gasteiger partial charge in [0.1, 0.15) is 0 Å². The molecular formula is C9H11BrO3. The maximum atomic E-state index is 11.5. The maximum Gasteiger partial charge on any atom is 0.254 e. The van der Waals surface area contributed by atoms with Crippen LogP contribution in [0.4, 0.5) is 0 Å². The van der Waals surface area contributed by atoms with Gasteiger partial charge in [-0.15, -0.1) is 0 Å². The number of hydrogen-bond acceptors (Lipinski definition) is 3. The van der Waals surface area contributed by atoms with Gasteiger partial charge in [-0.3, -0.25) is 4.79 Å². The van der Waals surface area contributed by atoms with E-state index in [0.717, 1.165) is 10.1 Å². The number of allylic oxidation sites excluding steroid dienone is 2. The van der Waals surface area contributed by atoms with Crippen molar-refractivity contribution in [3.05, 3.63) is 22.2 Å². The molecule has 4 heteroatoms. The molecule has 0 radical (unpaired) electrons. The number of ether oxygens (including phenoxy) is 2. The quantitative estimate of drug-likeness (QED) is 0.698. The normalized spacial score (nSPS) is 21.1. The van der Waals surface area contributed by atoms with Crippen LogP contribution in [0.5, 0.6) is 0 Å². The summed E-state index contributed by atoms with van der Waals surface area (Å²) in [7, 11) is 2.87. The molecule has 0 atom stereocenters. The summed E-state index contributed by atoms with van der Waals surface area (Å²) in [6, 6.07) is 0. The van der Waals surface area contributed by atoms with E-state index < -0.39 is 5.79 Å². The summed E-state index contributed by atoms with van der Waals surface area (Å²) < 4.78 is 10.9. The Labute approximate surface area is 85.5 Å². The van der Waals surface area contributed by atoms with Crippen molar-refractivity contribution in [3.63, 3.8) is 0 Å². The van der Waals surface area contributed by atoms with Gasteiger partial charge in [-0.05, 0) is 24.6 Å². The number of carbonyl (C=O) groups is 1. The zero-order valence-electron chi connectivity index (χ0n) is 7.76. The Balaban J connectivity index is 3.11. The molecule has 1 aliphatic carbocycles. The van der Waals surface area contributed by atoms with E-state index in [1.807, 2.05) is 6.92 Å². The largest absolute Gasteiger partial charge is 0.343 e. The molecule has 0 aromatic carbocycles.